The van der Waals surface area contributed by atoms with Crippen molar-refractivity contribution in [3.63, 3.8) is 0 Å². The van der Waals surface area contributed by atoms with Crippen LogP contribution >= 0.6 is 23.2 Å². The van der Waals surface area contributed by atoms with Gasteiger partial charge >= 0.3 is 0 Å². The van der Waals surface area contributed by atoms with Gasteiger partial charge in [-0.05, 0) is 24.3 Å². The summed E-state index contributed by atoms with van der Waals surface area (Å²) in [5.41, 5.74) is 0.596. The molecule has 0 saturated heterocycles. The lowest BCUT2D eigenvalue weighted by molar-refractivity contribution is 0.0707. The summed E-state index contributed by atoms with van der Waals surface area (Å²) < 4.78 is 23.5. The second-order valence-corrected chi connectivity index (χ2v) is 6.47. The number of pyridine rings is 1. The Morgan fingerprint density at radius 1 is 1.23 bits per heavy atom. The zero-order valence-corrected chi connectivity index (χ0v) is 14.8. The molecule has 0 atom stereocenters. The minimum Gasteiger partial charge on any atom is -0.329 e. The number of hydrogen-bond acceptors (Lipinski definition) is 4. The molecule has 132 valence electrons. The normalized spacial score (nSPS) is 14.1. The van der Waals surface area contributed by atoms with Gasteiger partial charge in [0.05, 0.1) is 23.5 Å². The number of rotatable bonds is 2. The van der Waals surface area contributed by atoms with E-state index in [0.29, 0.717) is 36.5 Å². The number of hydrogen-bond donors (Lipinski definition) is 0. The zero-order chi connectivity index (χ0) is 19.1. The molecule has 0 fully saturated rings. The van der Waals surface area contributed by atoms with Crippen molar-refractivity contribution in [3.8, 4) is 11.5 Å². The molecule has 0 aliphatic carbocycles. The van der Waals surface area contributed by atoms with Crippen LogP contribution in [0.25, 0.3) is 11.5 Å². The quantitative estimate of drug-likeness (QED) is 0.626. The van der Waals surface area contributed by atoms with Gasteiger partial charge in [-0.25, -0.2) is 4.39 Å². The Kier molecular flexibility index (Phi) is 4.03. The molecule has 3 heterocycles. The van der Waals surface area contributed by atoms with Crippen molar-refractivity contribution in [3.05, 3.63) is 63.8 Å². The summed E-state index contributed by atoms with van der Waals surface area (Å²) in [6.07, 6.45) is 1.54. The lowest BCUT2D eigenvalue weighted by atomic mass is 10.1. The predicted octanol–water partition coefficient (Wildman–Crippen LogP) is 3.44. The Labute approximate surface area is 159 Å². The van der Waals surface area contributed by atoms with Crippen LogP contribution in [0.1, 0.15) is 17.6 Å². The molecular formula is C17H12Cl2FN5O. The SMILES string of the molecule is [2H]c1ccnc(-c2nnc3n2CCN(C(=O)c2ccc(Cl)c(F)c2Cl)C3)c1. The first kappa shape index (κ1) is 15.7. The van der Waals surface area contributed by atoms with E-state index in [0.717, 1.165) is 0 Å². The standard InChI is InChI=1S/C17H12Cl2FN5O/c18-11-5-4-10(14(19)15(11)20)17(26)24-7-8-25-13(9-24)22-23-16(25)12-3-1-2-6-21-12/h1-6H,7-9H2/i1D. The summed E-state index contributed by atoms with van der Waals surface area (Å²) in [4.78, 5) is 18.5. The van der Waals surface area contributed by atoms with E-state index in [1.807, 2.05) is 4.57 Å². The number of halogens is 3. The van der Waals surface area contributed by atoms with E-state index in [9.17, 15) is 9.18 Å². The van der Waals surface area contributed by atoms with Gasteiger partial charge in [0.2, 0.25) is 0 Å². The topological polar surface area (TPSA) is 63.9 Å². The first-order valence-electron chi connectivity index (χ1n) is 8.23. The Morgan fingerprint density at radius 3 is 2.88 bits per heavy atom. The Bertz CT molecular complexity index is 1060. The van der Waals surface area contributed by atoms with Crippen molar-refractivity contribution < 1.29 is 10.6 Å². The van der Waals surface area contributed by atoms with E-state index >= 15 is 0 Å². The maximum Gasteiger partial charge on any atom is 0.255 e. The average molecular weight is 393 g/mol. The van der Waals surface area contributed by atoms with Gasteiger partial charge in [0.25, 0.3) is 5.91 Å². The lowest BCUT2D eigenvalue weighted by Crippen LogP contribution is -2.38. The van der Waals surface area contributed by atoms with E-state index in [-0.39, 0.29) is 22.2 Å². The van der Waals surface area contributed by atoms with Crippen LogP contribution in [-0.2, 0) is 13.1 Å². The van der Waals surface area contributed by atoms with Crippen LogP contribution in [0.3, 0.4) is 0 Å². The number of benzene rings is 1. The van der Waals surface area contributed by atoms with Crippen LogP contribution in [-0.4, -0.2) is 37.1 Å². The van der Waals surface area contributed by atoms with E-state index < -0.39 is 11.7 Å². The number of nitrogens with zero attached hydrogens (tertiary/aromatic N) is 5. The van der Waals surface area contributed by atoms with Gasteiger partial charge in [-0.1, -0.05) is 29.2 Å². The fraction of sp³-hybridized carbons (Fsp3) is 0.176. The smallest absolute Gasteiger partial charge is 0.255 e. The van der Waals surface area contributed by atoms with Crippen molar-refractivity contribution in [1.82, 2.24) is 24.6 Å². The van der Waals surface area contributed by atoms with Crippen molar-refractivity contribution in [1.29, 1.82) is 0 Å². The Morgan fingerprint density at radius 2 is 2.08 bits per heavy atom. The van der Waals surface area contributed by atoms with Gasteiger partial charge in [0, 0.05) is 19.3 Å². The predicted molar refractivity (Wildman–Crippen MR) is 94.4 cm³/mol. The third-order valence-electron chi connectivity index (χ3n) is 4.14. The van der Waals surface area contributed by atoms with Crippen molar-refractivity contribution in [2.24, 2.45) is 0 Å². The molecule has 0 spiro atoms. The van der Waals surface area contributed by atoms with Crippen LogP contribution in [0.15, 0.2) is 36.5 Å². The van der Waals surface area contributed by atoms with Crippen LogP contribution in [0.4, 0.5) is 4.39 Å². The molecule has 2 aromatic heterocycles. The minimum absolute atomic E-state index is 0.0512. The largest absolute Gasteiger partial charge is 0.329 e. The highest BCUT2D eigenvalue weighted by Crippen LogP contribution is 2.28. The van der Waals surface area contributed by atoms with Crippen LogP contribution in [0.2, 0.25) is 10.0 Å². The van der Waals surface area contributed by atoms with Crippen LogP contribution in [0.5, 0.6) is 0 Å². The lowest BCUT2D eigenvalue weighted by Gasteiger charge is -2.28. The third-order valence-corrected chi connectivity index (χ3v) is 4.80. The van der Waals surface area contributed by atoms with Crippen LogP contribution in [0, 0.1) is 5.82 Å². The maximum atomic E-state index is 13.9. The second kappa shape index (κ2) is 6.66. The molecule has 1 aliphatic heterocycles. The number of amides is 1. The molecule has 6 nitrogen and oxygen atoms in total. The number of carbonyl (C=O) groups excluding carboxylic acids is 1. The molecule has 0 N–H and O–H groups in total. The molecule has 0 bridgehead atoms. The summed E-state index contributed by atoms with van der Waals surface area (Å²) in [5, 5.41) is 7.85. The number of carbonyl (C=O) groups is 1. The van der Waals surface area contributed by atoms with Crippen LogP contribution < -0.4 is 0 Å². The summed E-state index contributed by atoms with van der Waals surface area (Å²) in [6.45, 7) is 1.02. The highest BCUT2D eigenvalue weighted by Gasteiger charge is 2.28. The van der Waals surface area contributed by atoms with Gasteiger partial charge in [-0.15, -0.1) is 10.2 Å². The molecule has 26 heavy (non-hydrogen) atoms. The first-order chi connectivity index (χ1) is 13.0. The molecule has 1 amide bonds. The highest BCUT2D eigenvalue weighted by molar-refractivity contribution is 6.37. The Balaban J connectivity index is 1.61. The molecule has 9 heteroatoms. The molecule has 3 aromatic rings. The minimum atomic E-state index is -0.812. The maximum absolute atomic E-state index is 13.9. The summed E-state index contributed by atoms with van der Waals surface area (Å²) >= 11 is 11.6. The summed E-state index contributed by atoms with van der Waals surface area (Å²) in [5.74, 6) is -0.0975. The number of fused-ring (bicyclic) bond motifs is 1. The van der Waals surface area contributed by atoms with Gasteiger partial charge in [-0.3, -0.25) is 9.78 Å². The summed E-state index contributed by atoms with van der Waals surface area (Å²) in [6, 6.07) is 6.21. The van der Waals surface area contributed by atoms with Gasteiger partial charge in [0.15, 0.2) is 17.5 Å². The molecule has 0 radical (unpaired) electrons. The van der Waals surface area contributed by atoms with E-state index in [4.69, 9.17) is 24.6 Å². The fourth-order valence-electron chi connectivity index (χ4n) is 2.83. The van der Waals surface area contributed by atoms with Gasteiger partial charge < -0.3 is 9.47 Å². The van der Waals surface area contributed by atoms with E-state index in [1.165, 1.54) is 23.2 Å². The molecule has 4 rings (SSSR count). The molecule has 0 unspecified atom stereocenters. The summed E-state index contributed by atoms with van der Waals surface area (Å²) in [7, 11) is 0. The molecule has 1 aliphatic rings. The van der Waals surface area contributed by atoms with Crippen molar-refractivity contribution in [2.45, 2.75) is 13.1 Å². The monoisotopic (exact) mass is 392 g/mol. The number of aromatic nitrogens is 4. The first-order valence-corrected chi connectivity index (χ1v) is 8.49. The highest BCUT2D eigenvalue weighted by atomic mass is 35.5. The fourth-order valence-corrected chi connectivity index (χ4v) is 3.28. The van der Waals surface area contributed by atoms with Crippen molar-refractivity contribution >= 4 is 29.1 Å². The van der Waals surface area contributed by atoms with E-state index in [2.05, 4.69) is 15.2 Å². The third kappa shape index (κ3) is 2.83. The van der Waals surface area contributed by atoms with E-state index in [1.54, 1.807) is 12.1 Å². The average Bonchev–Trinajstić information content (AvgIpc) is 3.09. The molecular weight excluding hydrogens is 380 g/mol. The molecule has 0 saturated carbocycles. The Hall–Kier alpha value is -2.51. The zero-order valence-electron chi connectivity index (χ0n) is 14.3. The second-order valence-electron chi connectivity index (χ2n) is 5.68. The molecule has 1 aromatic carbocycles. The van der Waals surface area contributed by atoms with Crippen molar-refractivity contribution in [2.75, 3.05) is 6.54 Å². The van der Waals surface area contributed by atoms with Gasteiger partial charge in [0.1, 0.15) is 5.69 Å². The van der Waals surface area contributed by atoms with Gasteiger partial charge in [-0.2, -0.15) is 0 Å².